The molecule has 0 atom stereocenters. The molecule has 0 spiro atoms. The number of hydrogen-bond donors (Lipinski definition) is 0. The van der Waals surface area contributed by atoms with Crippen LogP contribution in [0, 0.1) is 0 Å². The van der Waals surface area contributed by atoms with Crippen LogP contribution >= 0.6 is 0 Å². The third kappa shape index (κ3) is 4.23. The van der Waals surface area contributed by atoms with Crippen LogP contribution in [0.1, 0.15) is 33.3 Å². The summed E-state index contributed by atoms with van der Waals surface area (Å²) in [4.78, 5) is 0. The van der Waals surface area contributed by atoms with Crippen molar-refractivity contribution in [2.75, 3.05) is 19.8 Å². The monoisotopic (exact) mass is 222 g/mol. The van der Waals surface area contributed by atoms with E-state index in [1.54, 1.807) is 0 Å². The molecule has 0 unspecified atom stereocenters. The first-order valence-electron chi connectivity index (χ1n) is 5.85. The van der Waals surface area contributed by atoms with Crippen molar-refractivity contribution >= 4 is 0 Å². The predicted octanol–water partition coefficient (Wildman–Crippen LogP) is 3.40. The fraction of sp³-hybridized carbons (Fsp3) is 0.571. The molecule has 2 nitrogen and oxygen atoms in total. The highest BCUT2D eigenvalue weighted by Gasteiger charge is 2.12. The summed E-state index contributed by atoms with van der Waals surface area (Å²) in [6.07, 6.45) is 0. The lowest BCUT2D eigenvalue weighted by Crippen LogP contribution is -2.11. The molecule has 0 saturated heterocycles. The summed E-state index contributed by atoms with van der Waals surface area (Å²) in [5.41, 5.74) is 1.52. The zero-order valence-electron chi connectivity index (χ0n) is 10.7. The maximum absolute atomic E-state index is 5.55. The van der Waals surface area contributed by atoms with Gasteiger partial charge < -0.3 is 9.47 Å². The Morgan fingerprint density at radius 2 is 1.62 bits per heavy atom. The maximum Gasteiger partial charge on any atom is 0.119 e. The molecule has 0 radical (unpaired) electrons. The number of hydrogen-bond acceptors (Lipinski definition) is 2. The summed E-state index contributed by atoms with van der Waals surface area (Å²) < 4.78 is 10.8. The minimum absolute atomic E-state index is 0.198. The fourth-order valence-electron chi connectivity index (χ4n) is 1.41. The molecule has 0 amide bonds. The van der Waals surface area contributed by atoms with Gasteiger partial charge in [-0.15, -0.1) is 0 Å². The van der Waals surface area contributed by atoms with E-state index in [0.717, 1.165) is 12.4 Å². The molecule has 1 rings (SSSR count). The highest BCUT2D eigenvalue weighted by atomic mass is 16.5. The predicted molar refractivity (Wildman–Crippen MR) is 67.1 cm³/mol. The van der Waals surface area contributed by atoms with Crippen molar-refractivity contribution in [2.45, 2.75) is 33.1 Å². The van der Waals surface area contributed by atoms with E-state index in [0.29, 0.717) is 13.2 Å². The molecule has 0 N–H and O–H groups in total. The molecule has 0 aliphatic rings. The lowest BCUT2D eigenvalue weighted by Gasteiger charge is -2.19. The fourth-order valence-corrected chi connectivity index (χ4v) is 1.41. The molecule has 90 valence electrons. The molecule has 0 bridgehead atoms. The average Bonchev–Trinajstić information content (AvgIpc) is 2.24. The van der Waals surface area contributed by atoms with Crippen molar-refractivity contribution in [1.29, 1.82) is 0 Å². The van der Waals surface area contributed by atoms with Gasteiger partial charge in [0.1, 0.15) is 12.4 Å². The minimum atomic E-state index is 0.198. The zero-order valence-corrected chi connectivity index (χ0v) is 10.7. The summed E-state index contributed by atoms with van der Waals surface area (Å²) in [6.45, 7) is 10.6. The maximum atomic E-state index is 5.55. The lowest BCUT2D eigenvalue weighted by atomic mass is 9.87. The number of benzene rings is 1. The molecule has 0 fully saturated rings. The van der Waals surface area contributed by atoms with Gasteiger partial charge in [-0.1, -0.05) is 32.9 Å². The van der Waals surface area contributed by atoms with Gasteiger partial charge in [0.2, 0.25) is 0 Å². The van der Waals surface area contributed by atoms with Gasteiger partial charge in [-0.3, -0.25) is 0 Å². The molecular weight excluding hydrogens is 200 g/mol. The molecule has 2 heteroatoms. The third-order valence-corrected chi connectivity index (χ3v) is 2.42. The van der Waals surface area contributed by atoms with Crippen molar-refractivity contribution in [3.05, 3.63) is 29.8 Å². The van der Waals surface area contributed by atoms with Crippen molar-refractivity contribution in [2.24, 2.45) is 0 Å². The number of ether oxygens (including phenoxy) is 2. The second-order valence-electron chi connectivity index (χ2n) is 4.82. The van der Waals surface area contributed by atoms with Gasteiger partial charge in [0, 0.05) is 6.61 Å². The Kier molecular flexibility index (Phi) is 4.81. The van der Waals surface area contributed by atoms with Crippen LogP contribution in [0.15, 0.2) is 24.3 Å². The molecule has 0 aliphatic carbocycles. The van der Waals surface area contributed by atoms with E-state index < -0.39 is 0 Å². The highest BCUT2D eigenvalue weighted by molar-refractivity contribution is 5.31. The first kappa shape index (κ1) is 13.0. The van der Waals surface area contributed by atoms with E-state index in [1.165, 1.54) is 5.56 Å². The topological polar surface area (TPSA) is 18.5 Å². The third-order valence-electron chi connectivity index (χ3n) is 2.42. The van der Waals surface area contributed by atoms with E-state index in [-0.39, 0.29) is 5.41 Å². The Morgan fingerprint density at radius 1 is 1.00 bits per heavy atom. The van der Waals surface area contributed by atoms with Gasteiger partial charge in [-0.2, -0.15) is 0 Å². The molecular formula is C14H22O2. The van der Waals surface area contributed by atoms with Crippen LogP contribution < -0.4 is 4.74 Å². The highest BCUT2D eigenvalue weighted by Crippen LogP contribution is 2.24. The Hall–Kier alpha value is -1.02. The van der Waals surface area contributed by atoms with E-state index in [1.807, 2.05) is 19.1 Å². The largest absolute Gasteiger partial charge is 0.491 e. The SMILES string of the molecule is CCOCCOc1ccc(C(C)(C)C)cc1. The Labute approximate surface area is 98.6 Å². The lowest BCUT2D eigenvalue weighted by molar-refractivity contribution is 0.110. The first-order valence-corrected chi connectivity index (χ1v) is 5.85. The van der Waals surface area contributed by atoms with Crippen LogP contribution in [0.25, 0.3) is 0 Å². The zero-order chi connectivity index (χ0) is 12.0. The number of rotatable bonds is 5. The van der Waals surface area contributed by atoms with Crippen molar-refractivity contribution < 1.29 is 9.47 Å². The van der Waals surface area contributed by atoms with Gasteiger partial charge in [-0.05, 0) is 30.0 Å². The summed E-state index contributed by atoms with van der Waals surface area (Å²) in [5, 5.41) is 0. The van der Waals surface area contributed by atoms with E-state index in [9.17, 15) is 0 Å². The molecule has 1 aromatic carbocycles. The first-order chi connectivity index (χ1) is 7.54. The summed E-state index contributed by atoms with van der Waals surface area (Å²) in [5.74, 6) is 0.910. The van der Waals surface area contributed by atoms with E-state index in [4.69, 9.17) is 9.47 Å². The van der Waals surface area contributed by atoms with Crippen LogP contribution in [0.5, 0.6) is 5.75 Å². The van der Waals surface area contributed by atoms with Crippen LogP contribution in [-0.2, 0) is 10.2 Å². The second kappa shape index (κ2) is 5.90. The summed E-state index contributed by atoms with van der Waals surface area (Å²) in [6, 6.07) is 8.28. The Bertz CT molecular complexity index is 296. The summed E-state index contributed by atoms with van der Waals surface area (Å²) >= 11 is 0. The van der Waals surface area contributed by atoms with E-state index in [2.05, 4.69) is 32.9 Å². The van der Waals surface area contributed by atoms with Gasteiger partial charge in [0.05, 0.1) is 6.61 Å². The quantitative estimate of drug-likeness (QED) is 0.711. The van der Waals surface area contributed by atoms with Gasteiger partial charge in [-0.25, -0.2) is 0 Å². The minimum Gasteiger partial charge on any atom is -0.491 e. The van der Waals surface area contributed by atoms with Crippen LogP contribution in [0.4, 0.5) is 0 Å². The van der Waals surface area contributed by atoms with Gasteiger partial charge in [0.15, 0.2) is 0 Å². The summed E-state index contributed by atoms with van der Waals surface area (Å²) in [7, 11) is 0. The van der Waals surface area contributed by atoms with Crippen LogP contribution in [0.2, 0.25) is 0 Å². The average molecular weight is 222 g/mol. The van der Waals surface area contributed by atoms with Crippen molar-refractivity contribution in [1.82, 2.24) is 0 Å². The van der Waals surface area contributed by atoms with E-state index >= 15 is 0 Å². The van der Waals surface area contributed by atoms with Gasteiger partial charge in [0.25, 0.3) is 0 Å². The smallest absolute Gasteiger partial charge is 0.119 e. The van der Waals surface area contributed by atoms with Crippen LogP contribution in [-0.4, -0.2) is 19.8 Å². The molecule has 0 saturated carbocycles. The standard InChI is InChI=1S/C14H22O2/c1-5-15-10-11-16-13-8-6-12(7-9-13)14(2,3)4/h6-9H,5,10-11H2,1-4H3. The van der Waals surface area contributed by atoms with Crippen molar-refractivity contribution in [3.8, 4) is 5.75 Å². The molecule has 0 aromatic heterocycles. The van der Waals surface area contributed by atoms with Gasteiger partial charge >= 0.3 is 0 Å². The second-order valence-corrected chi connectivity index (χ2v) is 4.82. The van der Waals surface area contributed by atoms with Crippen LogP contribution in [0.3, 0.4) is 0 Å². The molecule has 16 heavy (non-hydrogen) atoms. The molecule has 0 heterocycles. The van der Waals surface area contributed by atoms with Crippen molar-refractivity contribution in [3.63, 3.8) is 0 Å². The molecule has 1 aromatic rings. The normalized spacial score (nSPS) is 11.5. The Balaban J connectivity index is 2.46. The Morgan fingerprint density at radius 3 is 2.12 bits per heavy atom. The molecule has 0 aliphatic heterocycles.